The summed E-state index contributed by atoms with van der Waals surface area (Å²) >= 11 is 1.22. The molecule has 0 saturated heterocycles. The van der Waals surface area contributed by atoms with Crippen molar-refractivity contribution in [1.82, 2.24) is 3.97 Å². The Hall–Kier alpha value is -5.04. The summed E-state index contributed by atoms with van der Waals surface area (Å²) in [7, 11) is -4.21. The second-order valence-corrected chi connectivity index (χ2v) is 12.4. The van der Waals surface area contributed by atoms with Gasteiger partial charge in [0.15, 0.2) is 0 Å². The highest BCUT2D eigenvalue weighted by Crippen LogP contribution is 2.45. The molecule has 4 aromatic carbocycles. The Morgan fingerprint density at radius 2 is 1.62 bits per heavy atom. The van der Waals surface area contributed by atoms with Crippen LogP contribution in [0.2, 0.25) is 0 Å². The molecule has 0 bridgehead atoms. The van der Waals surface area contributed by atoms with Crippen LogP contribution in [0.5, 0.6) is 0 Å². The quantitative estimate of drug-likeness (QED) is 0.212. The lowest BCUT2D eigenvalue weighted by molar-refractivity contribution is 0.0697. The van der Waals surface area contributed by atoms with E-state index in [2.05, 4.69) is 6.07 Å². The number of halogens is 1. The van der Waals surface area contributed by atoms with Gasteiger partial charge in [0.25, 0.3) is 10.0 Å². The van der Waals surface area contributed by atoms with Crippen molar-refractivity contribution >= 4 is 38.2 Å². The number of carbonyl (C=O) groups is 1. The fraction of sp³-hybridized carbons (Fsp3) is 0.0303. The molecule has 0 aliphatic carbocycles. The van der Waals surface area contributed by atoms with Gasteiger partial charge in [-0.15, -0.1) is 11.3 Å². The highest BCUT2D eigenvalue weighted by Gasteiger charge is 2.30. The lowest BCUT2D eigenvalue weighted by atomic mass is 9.96. The van der Waals surface area contributed by atoms with Crippen LogP contribution in [-0.4, -0.2) is 23.5 Å². The molecule has 0 saturated carbocycles. The summed E-state index contributed by atoms with van der Waals surface area (Å²) in [5.74, 6) is -1.58. The van der Waals surface area contributed by atoms with Crippen LogP contribution in [0.3, 0.4) is 0 Å². The largest absolute Gasteiger partial charge is 0.478 e. The molecular weight excluding hydrogens is 572 g/mol. The Morgan fingerprint density at radius 3 is 2.31 bits per heavy atom. The second-order valence-electron chi connectivity index (χ2n) is 9.71. The van der Waals surface area contributed by atoms with Gasteiger partial charge in [-0.25, -0.2) is 21.6 Å². The van der Waals surface area contributed by atoms with Crippen LogP contribution < -0.4 is 0 Å². The molecule has 6 aromatic rings. The van der Waals surface area contributed by atoms with Gasteiger partial charge in [-0.2, -0.15) is 5.26 Å². The third-order valence-corrected chi connectivity index (χ3v) is 9.63. The van der Waals surface area contributed by atoms with E-state index in [1.807, 2.05) is 19.1 Å². The number of aryl methyl sites for hydroxylation is 1. The lowest BCUT2D eigenvalue weighted by Crippen LogP contribution is -2.14. The van der Waals surface area contributed by atoms with Crippen molar-refractivity contribution in [3.8, 4) is 39.6 Å². The molecule has 0 radical (unpaired) electrons. The van der Waals surface area contributed by atoms with E-state index >= 15 is 0 Å². The number of nitrogens with zero attached hydrogens (tertiary/aromatic N) is 2. The highest BCUT2D eigenvalue weighted by atomic mass is 32.2. The van der Waals surface area contributed by atoms with E-state index in [-0.39, 0.29) is 21.7 Å². The van der Waals surface area contributed by atoms with Crippen molar-refractivity contribution in [3.05, 3.63) is 124 Å². The predicted octanol–water partition coefficient (Wildman–Crippen LogP) is 7.96. The zero-order valence-corrected chi connectivity index (χ0v) is 23.7. The van der Waals surface area contributed by atoms with E-state index < -0.39 is 21.8 Å². The first kappa shape index (κ1) is 27.1. The number of hydrogen-bond acceptors (Lipinski definition) is 5. The van der Waals surface area contributed by atoms with Gasteiger partial charge in [0.2, 0.25) is 0 Å². The molecule has 6 rings (SSSR count). The molecule has 6 nitrogen and oxygen atoms in total. The van der Waals surface area contributed by atoms with Crippen LogP contribution in [0, 0.1) is 24.1 Å². The Morgan fingerprint density at radius 1 is 0.905 bits per heavy atom. The van der Waals surface area contributed by atoms with E-state index in [9.17, 15) is 28.0 Å². The standard InChI is InChI=1S/C33H21FN2O4S2/c1-20-5-12-26(13-6-20)42(39,40)36-29-14-11-25(34)18-28(29)31(27-15-16-41-30(27)19-35)32(36)24-4-2-3-23(17-24)21-7-9-22(10-8-21)33(37)38/h2-18H,1H3,(H,37,38). The van der Waals surface area contributed by atoms with Crippen LogP contribution in [0.4, 0.5) is 4.39 Å². The number of thiophene rings is 1. The van der Waals surface area contributed by atoms with Crippen LogP contribution in [0.15, 0.2) is 107 Å². The molecule has 0 atom stereocenters. The SMILES string of the molecule is Cc1ccc(S(=O)(=O)n2c(-c3cccc(-c4ccc(C(=O)O)cc4)c3)c(-c3ccsc3C#N)c3cc(F)ccc32)cc1. The Labute approximate surface area is 245 Å². The van der Waals surface area contributed by atoms with Crippen molar-refractivity contribution in [1.29, 1.82) is 5.26 Å². The lowest BCUT2D eigenvalue weighted by Gasteiger charge is -2.15. The van der Waals surface area contributed by atoms with Crippen molar-refractivity contribution in [2.45, 2.75) is 11.8 Å². The smallest absolute Gasteiger partial charge is 0.335 e. The maximum atomic E-state index is 14.8. The number of fused-ring (bicyclic) bond motifs is 1. The third-order valence-electron chi connectivity index (χ3n) is 7.08. The van der Waals surface area contributed by atoms with Gasteiger partial charge in [0.1, 0.15) is 16.8 Å². The number of aromatic carboxylic acids is 1. The van der Waals surface area contributed by atoms with Gasteiger partial charge in [0.05, 0.1) is 21.7 Å². The van der Waals surface area contributed by atoms with Crippen molar-refractivity contribution in [2.24, 2.45) is 0 Å². The topological polar surface area (TPSA) is 100 Å². The Balaban J connectivity index is 1.71. The number of aromatic nitrogens is 1. The van der Waals surface area contributed by atoms with Crippen LogP contribution in [0.25, 0.3) is 44.4 Å². The minimum absolute atomic E-state index is 0.0633. The summed E-state index contributed by atoms with van der Waals surface area (Å²) in [4.78, 5) is 11.8. The van der Waals surface area contributed by atoms with Crippen LogP contribution in [-0.2, 0) is 10.0 Å². The minimum Gasteiger partial charge on any atom is -0.478 e. The normalized spacial score (nSPS) is 11.5. The second kappa shape index (κ2) is 10.4. The summed E-state index contributed by atoms with van der Waals surface area (Å²) in [5.41, 5.74) is 4.50. The summed E-state index contributed by atoms with van der Waals surface area (Å²) in [6.07, 6.45) is 0. The monoisotopic (exact) mass is 592 g/mol. The first-order chi connectivity index (χ1) is 20.2. The van der Waals surface area contributed by atoms with E-state index in [1.54, 1.807) is 47.8 Å². The molecule has 2 aromatic heterocycles. The Bertz CT molecular complexity index is 2160. The molecule has 0 aliphatic heterocycles. The third kappa shape index (κ3) is 4.57. The number of rotatable bonds is 6. The molecule has 0 amide bonds. The number of hydrogen-bond donors (Lipinski definition) is 1. The fourth-order valence-corrected chi connectivity index (χ4v) is 7.31. The molecule has 0 spiro atoms. The summed E-state index contributed by atoms with van der Waals surface area (Å²) in [5, 5.41) is 21.3. The average Bonchev–Trinajstić information content (AvgIpc) is 3.59. The number of nitriles is 1. The Kier molecular flexibility index (Phi) is 6.73. The summed E-state index contributed by atoms with van der Waals surface area (Å²) in [6.45, 7) is 1.86. The van der Waals surface area contributed by atoms with Crippen LogP contribution >= 0.6 is 11.3 Å². The maximum Gasteiger partial charge on any atom is 0.335 e. The number of benzene rings is 4. The number of carboxylic acids is 1. The van der Waals surface area contributed by atoms with Crippen molar-refractivity contribution in [3.63, 3.8) is 0 Å². The molecule has 0 aliphatic rings. The molecule has 0 unspecified atom stereocenters. The maximum absolute atomic E-state index is 14.8. The molecule has 9 heteroatoms. The van der Waals surface area contributed by atoms with Crippen molar-refractivity contribution < 1.29 is 22.7 Å². The molecular formula is C33H21FN2O4S2. The van der Waals surface area contributed by atoms with Crippen molar-refractivity contribution in [2.75, 3.05) is 0 Å². The van der Waals surface area contributed by atoms with E-state index in [1.165, 1.54) is 57.8 Å². The minimum atomic E-state index is -4.21. The zero-order valence-electron chi connectivity index (χ0n) is 22.1. The summed E-state index contributed by atoms with van der Waals surface area (Å²) < 4.78 is 44.8. The van der Waals surface area contributed by atoms with E-state index in [0.29, 0.717) is 27.0 Å². The predicted molar refractivity (Wildman–Crippen MR) is 162 cm³/mol. The first-order valence-electron chi connectivity index (χ1n) is 12.8. The summed E-state index contributed by atoms with van der Waals surface area (Å²) in [6, 6.07) is 27.9. The van der Waals surface area contributed by atoms with Crippen LogP contribution in [0.1, 0.15) is 20.8 Å². The van der Waals surface area contributed by atoms with Gasteiger partial charge in [-0.3, -0.25) is 0 Å². The van der Waals surface area contributed by atoms with E-state index in [0.717, 1.165) is 16.7 Å². The molecule has 0 fully saturated rings. The molecule has 42 heavy (non-hydrogen) atoms. The highest BCUT2D eigenvalue weighted by molar-refractivity contribution is 7.90. The zero-order chi connectivity index (χ0) is 29.6. The van der Waals surface area contributed by atoms with Gasteiger partial charge < -0.3 is 5.11 Å². The van der Waals surface area contributed by atoms with Gasteiger partial charge in [-0.1, -0.05) is 48.0 Å². The molecule has 2 heterocycles. The first-order valence-corrected chi connectivity index (χ1v) is 15.1. The number of carboxylic acid groups (broad SMARTS) is 1. The van der Waals surface area contributed by atoms with E-state index in [4.69, 9.17) is 0 Å². The van der Waals surface area contributed by atoms with Gasteiger partial charge in [-0.05, 0) is 78.0 Å². The fourth-order valence-electron chi connectivity index (χ4n) is 5.08. The molecule has 206 valence electrons. The van der Waals surface area contributed by atoms with Gasteiger partial charge in [0, 0.05) is 22.1 Å². The van der Waals surface area contributed by atoms with Gasteiger partial charge >= 0.3 is 5.97 Å². The molecule has 1 N–H and O–H groups in total. The average molecular weight is 593 g/mol.